The third kappa shape index (κ3) is 3.81. The Morgan fingerprint density at radius 2 is 2.11 bits per heavy atom. The molecule has 2 aromatic rings. The molecule has 1 aliphatic rings. The highest BCUT2D eigenvalue weighted by atomic mass is 16.5. The molecule has 0 spiro atoms. The first-order chi connectivity index (χ1) is 13.5. The van der Waals surface area contributed by atoms with E-state index in [1.807, 2.05) is 38.1 Å². The van der Waals surface area contributed by atoms with Gasteiger partial charge in [-0.05, 0) is 23.6 Å². The molecule has 150 valence electrons. The highest BCUT2D eigenvalue weighted by molar-refractivity contribution is 5.84. The topological polar surface area (TPSA) is 96.6 Å². The quantitative estimate of drug-likeness (QED) is 0.769. The van der Waals surface area contributed by atoms with Gasteiger partial charge in [0, 0.05) is 18.7 Å². The Bertz CT molecular complexity index is 848. The van der Waals surface area contributed by atoms with E-state index in [1.165, 1.54) is 7.11 Å². The first-order valence-corrected chi connectivity index (χ1v) is 9.27. The van der Waals surface area contributed by atoms with Gasteiger partial charge in [0.15, 0.2) is 0 Å². The molecular weight excluding hydrogens is 360 g/mol. The number of carbonyl (C=O) groups excluding carboxylic acids is 2. The van der Waals surface area contributed by atoms with Crippen molar-refractivity contribution in [2.45, 2.75) is 32.4 Å². The lowest BCUT2D eigenvalue weighted by Crippen LogP contribution is -2.53. The Balaban J connectivity index is 1.94. The van der Waals surface area contributed by atoms with Crippen molar-refractivity contribution < 1.29 is 19.1 Å². The van der Waals surface area contributed by atoms with Crippen molar-refractivity contribution in [2.75, 3.05) is 20.8 Å². The number of hydrogen-bond acceptors (Lipinski definition) is 5. The van der Waals surface area contributed by atoms with E-state index in [1.54, 1.807) is 18.3 Å². The van der Waals surface area contributed by atoms with Gasteiger partial charge in [0.05, 0.1) is 26.2 Å². The van der Waals surface area contributed by atoms with Crippen molar-refractivity contribution in [2.24, 2.45) is 5.92 Å². The fourth-order valence-corrected chi connectivity index (χ4v) is 3.49. The number of nitrogens with one attached hydrogen (secondary N) is 2. The van der Waals surface area contributed by atoms with Crippen LogP contribution in [0.15, 0.2) is 30.6 Å². The maximum atomic E-state index is 13.1. The number of imidazole rings is 1. The van der Waals surface area contributed by atoms with Gasteiger partial charge >= 0.3 is 12.0 Å². The van der Waals surface area contributed by atoms with Crippen molar-refractivity contribution in [1.82, 2.24) is 20.2 Å². The molecule has 1 aromatic heterocycles. The van der Waals surface area contributed by atoms with Crippen LogP contribution in [-0.2, 0) is 16.0 Å². The fraction of sp³-hybridized carbons (Fsp3) is 0.450. The van der Waals surface area contributed by atoms with Crippen LogP contribution in [0.25, 0.3) is 0 Å². The van der Waals surface area contributed by atoms with Gasteiger partial charge in [0.1, 0.15) is 17.8 Å². The zero-order valence-corrected chi connectivity index (χ0v) is 16.6. The Morgan fingerprint density at radius 1 is 1.32 bits per heavy atom. The van der Waals surface area contributed by atoms with Crippen molar-refractivity contribution in [3.8, 4) is 5.75 Å². The minimum Gasteiger partial charge on any atom is -0.497 e. The van der Waals surface area contributed by atoms with Gasteiger partial charge in [-0.15, -0.1) is 0 Å². The van der Waals surface area contributed by atoms with Gasteiger partial charge in [-0.25, -0.2) is 14.6 Å². The average Bonchev–Trinajstić information content (AvgIpc) is 3.19. The van der Waals surface area contributed by atoms with Gasteiger partial charge in [-0.3, -0.25) is 0 Å². The van der Waals surface area contributed by atoms with Crippen LogP contribution < -0.4 is 10.1 Å². The van der Waals surface area contributed by atoms with Crippen LogP contribution in [0.5, 0.6) is 5.75 Å². The summed E-state index contributed by atoms with van der Waals surface area (Å²) in [4.78, 5) is 34.5. The van der Waals surface area contributed by atoms with Crippen molar-refractivity contribution in [3.05, 3.63) is 47.5 Å². The molecule has 8 nitrogen and oxygen atoms in total. The van der Waals surface area contributed by atoms with Crippen molar-refractivity contribution in [3.63, 3.8) is 0 Å². The number of rotatable bonds is 5. The Kier molecular flexibility index (Phi) is 5.87. The van der Waals surface area contributed by atoms with Crippen LogP contribution in [0.1, 0.15) is 36.8 Å². The second-order valence-corrected chi connectivity index (χ2v) is 7.08. The lowest BCUT2D eigenvalue weighted by atomic mass is 9.95. The number of amides is 2. The molecule has 2 heterocycles. The number of carbonyl (C=O) groups is 2. The van der Waals surface area contributed by atoms with Gasteiger partial charge in [-0.1, -0.05) is 26.0 Å². The molecule has 0 unspecified atom stereocenters. The fourth-order valence-electron chi connectivity index (χ4n) is 3.49. The number of urea groups is 1. The van der Waals surface area contributed by atoms with Crippen LogP contribution in [-0.4, -0.2) is 53.7 Å². The predicted octanol–water partition coefficient (Wildman–Crippen LogP) is 2.27. The summed E-state index contributed by atoms with van der Waals surface area (Å²) in [5.74, 6) is 0.145. The smallest absolute Gasteiger partial charge is 0.328 e. The summed E-state index contributed by atoms with van der Waals surface area (Å²) in [6.07, 6.45) is 2.30. The van der Waals surface area contributed by atoms with E-state index in [9.17, 15) is 9.59 Å². The number of hydrogen-bond donors (Lipinski definition) is 2. The molecule has 0 radical (unpaired) electrons. The van der Waals surface area contributed by atoms with Gasteiger partial charge in [0.25, 0.3) is 0 Å². The number of aromatic amines is 1. The SMILES string of the molecule is COC(=O)[C@@H](NC(=O)N1CCc2[nH]cnc2[C@H]1c1cccc(OC)c1)C(C)C. The number of esters is 1. The number of benzene rings is 1. The monoisotopic (exact) mass is 386 g/mol. The number of fused-ring (bicyclic) bond motifs is 1. The molecule has 2 N–H and O–H groups in total. The van der Waals surface area contributed by atoms with E-state index in [4.69, 9.17) is 9.47 Å². The highest BCUT2D eigenvalue weighted by Crippen LogP contribution is 2.34. The summed E-state index contributed by atoms with van der Waals surface area (Å²) in [6.45, 7) is 4.22. The maximum absolute atomic E-state index is 13.1. The van der Waals surface area contributed by atoms with Crippen molar-refractivity contribution >= 4 is 12.0 Å². The molecule has 0 saturated heterocycles. The van der Waals surface area contributed by atoms with Crippen LogP contribution in [0, 0.1) is 5.92 Å². The van der Waals surface area contributed by atoms with E-state index in [2.05, 4.69) is 15.3 Å². The first kappa shape index (κ1) is 19.7. The molecule has 3 rings (SSSR count). The first-order valence-electron chi connectivity index (χ1n) is 9.27. The molecule has 2 atom stereocenters. The van der Waals surface area contributed by atoms with E-state index < -0.39 is 12.0 Å². The van der Waals surface area contributed by atoms with E-state index in [0.717, 1.165) is 17.0 Å². The number of ether oxygens (including phenoxy) is 2. The Morgan fingerprint density at radius 3 is 2.79 bits per heavy atom. The molecular formula is C20H26N4O4. The third-order valence-corrected chi connectivity index (χ3v) is 5.00. The summed E-state index contributed by atoms with van der Waals surface area (Å²) in [7, 11) is 2.92. The van der Waals surface area contributed by atoms with Crippen LogP contribution >= 0.6 is 0 Å². The van der Waals surface area contributed by atoms with Gasteiger partial charge in [0.2, 0.25) is 0 Å². The number of aromatic nitrogens is 2. The lowest BCUT2D eigenvalue weighted by molar-refractivity contribution is -0.144. The summed E-state index contributed by atoms with van der Waals surface area (Å²) in [6, 6.07) is 6.15. The van der Waals surface area contributed by atoms with E-state index >= 15 is 0 Å². The standard InChI is InChI=1S/C20H26N4O4/c1-12(2)16(19(25)28-4)23-20(26)24-9-8-15-17(22-11-21-15)18(24)13-6-5-7-14(10-13)27-3/h5-7,10-12,16,18H,8-9H2,1-4H3,(H,21,22)(H,23,26)/t16-,18+/m0/s1. The second-order valence-electron chi connectivity index (χ2n) is 7.08. The molecule has 2 amide bonds. The summed E-state index contributed by atoms with van der Waals surface area (Å²) in [5.41, 5.74) is 2.70. The van der Waals surface area contributed by atoms with Gasteiger partial charge < -0.3 is 24.7 Å². The summed E-state index contributed by atoms with van der Waals surface area (Å²) >= 11 is 0. The van der Waals surface area contributed by atoms with Gasteiger partial charge in [-0.2, -0.15) is 0 Å². The van der Waals surface area contributed by atoms with Crippen LogP contribution in [0.2, 0.25) is 0 Å². The zero-order chi connectivity index (χ0) is 20.3. The molecule has 0 saturated carbocycles. The normalized spacial score (nSPS) is 17.0. The summed E-state index contributed by atoms with van der Waals surface area (Å²) in [5, 5.41) is 2.83. The maximum Gasteiger partial charge on any atom is 0.328 e. The molecule has 0 aliphatic carbocycles. The van der Waals surface area contributed by atoms with E-state index in [0.29, 0.717) is 18.7 Å². The highest BCUT2D eigenvalue weighted by Gasteiger charge is 2.36. The number of nitrogens with zero attached hydrogens (tertiary/aromatic N) is 2. The minimum absolute atomic E-state index is 0.0996. The van der Waals surface area contributed by atoms with E-state index in [-0.39, 0.29) is 18.0 Å². The molecule has 1 aromatic carbocycles. The molecule has 0 bridgehead atoms. The minimum atomic E-state index is -0.718. The molecule has 8 heteroatoms. The molecule has 1 aliphatic heterocycles. The zero-order valence-electron chi connectivity index (χ0n) is 16.6. The third-order valence-electron chi connectivity index (χ3n) is 5.00. The number of H-pyrrole nitrogens is 1. The Hall–Kier alpha value is -3.03. The Labute approximate surface area is 164 Å². The van der Waals surface area contributed by atoms with Crippen LogP contribution in [0.4, 0.5) is 4.79 Å². The van der Waals surface area contributed by atoms with Crippen LogP contribution in [0.3, 0.4) is 0 Å². The predicted molar refractivity (Wildman–Crippen MR) is 103 cm³/mol. The molecule has 0 fully saturated rings. The second kappa shape index (κ2) is 8.33. The largest absolute Gasteiger partial charge is 0.497 e. The molecule has 28 heavy (non-hydrogen) atoms. The van der Waals surface area contributed by atoms with Crippen molar-refractivity contribution in [1.29, 1.82) is 0 Å². The lowest BCUT2D eigenvalue weighted by Gasteiger charge is -2.36. The summed E-state index contributed by atoms with van der Waals surface area (Å²) < 4.78 is 10.2. The number of methoxy groups -OCH3 is 2. The average molecular weight is 386 g/mol.